The van der Waals surface area contributed by atoms with Crippen molar-refractivity contribution in [3.05, 3.63) is 45.5 Å². The van der Waals surface area contributed by atoms with Crippen LogP contribution in [-0.4, -0.2) is 18.1 Å². The Labute approximate surface area is 96.0 Å². The molecule has 88 valence electrons. The number of aromatic nitrogens is 1. The van der Waals surface area contributed by atoms with E-state index in [0.29, 0.717) is 11.1 Å². The summed E-state index contributed by atoms with van der Waals surface area (Å²) in [6.07, 6.45) is 1.23. The Morgan fingerprint density at radius 3 is 2.76 bits per heavy atom. The highest BCUT2D eigenvalue weighted by Gasteiger charge is 2.14. The minimum Gasteiger partial charge on any atom is -0.465 e. The van der Waals surface area contributed by atoms with Crippen molar-refractivity contribution in [3.63, 3.8) is 0 Å². The lowest BCUT2D eigenvalue weighted by molar-refractivity contribution is 0.0599. The number of esters is 1. The third kappa shape index (κ3) is 1.80. The quantitative estimate of drug-likeness (QED) is 0.766. The molecule has 0 fully saturated rings. The largest absolute Gasteiger partial charge is 0.465 e. The average Bonchev–Trinajstić information content (AvgIpc) is 2.31. The summed E-state index contributed by atoms with van der Waals surface area (Å²) in [5.74, 6) is -1.12. The number of rotatable bonds is 1. The molecular formula is C12H10FNO3. The molecule has 0 amide bonds. The fourth-order valence-corrected chi connectivity index (χ4v) is 1.61. The Morgan fingerprint density at radius 2 is 2.12 bits per heavy atom. The van der Waals surface area contributed by atoms with Crippen molar-refractivity contribution in [2.75, 3.05) is 7.11 Å². The van der Waals surface area contributed by atoms with Gasteiger partial charge >= 0.3 is 5.97 Å². The summed E-state index contributed by atoms with van der Waals surface area (Å²) in [7, 11) is 1.20. The first-order valence-corrected chi connectivity index (χ1v) is 4.94. The van der Waals surface area contributed by atoms with Gasteiger partial charge in [0.1, 0.15) is 11.4 Å². The number of carbonyl (C=O) groups excluding carboxylic acids is 1. The predicted molar refractivity (Wildman–Crippen MR) is 60.6 cm³/mol. The topological polar surface area (TPSA) is 59.2 Å². The van der Waals surface area contributed by atoms with Gasteiger partial charge in [-0.05, 0) is 24.6 Å². The average molecular weight is 235 g/mol. The molecule has 4 nitrogen and oxygen atoms in total. The fraction of sp³-hybridized carbons (Fsp3) is 0.167. The molecule has 0 bridgehead atoms. The first-order chi connectivity index (χ1) is 8.04. The third-order valence-electron chi connectivity index (χ3n) is 2.57. The summed E-state index contributed by atoms with van der Waals surface area (Å²) < 4.78 is 17.8. The molecule has 0 aliphatic heterocycles. The summed E-state index contributed by atoms with van der Waals surface area (Å²) in [6, 6.07) is 2.64. The lowest BCUT2D eigenvalue weighted by atomic mass is 10.1. The molecular weight excluding hydrogens is 225 g/mol. The number of aromatic amines is 1. The first-order valence-electron chi connectivity index (χ1n) is 4.94. The number of nitrogens with one attached hydrogen (secondary N) is 1. The van der Waals surface area contributed by atoms with Crippen molar-refractivity contribution in [1.29, 1.82) is 0 Å². The van der Waals surface area contributed by atoms with E-state index in [0.717, 1.165) is 0 Å². The van der Waals surface area contributed by atoms with Gasteiger partial charge in [0.2, 0.25) is 5.43 Å². The van der Waals surface area contributed by atoms with Crippen LogP contribution in [0.25, 0.3) is 10.9 Å². The molecule has 0 saturated carbocycles. The Bertz CT molecular complexity index is 661. The third-order valence-corrected chi connectivity index (χ3v) is 2.57. The van der Waals surface area contributed by atoms with Crippen LogP contribution in [-0.2, 0) is 4.74 Å². The minimum atomic E-state index is -0.713. The molecule has 1 N–H and O–H groups in total. The number of methoxy groups -OCH3 is 1. The summed E-state index contributed by atoms with van der Waals surface area (Å²) >= 11 is 0. The van der Waals surface area contributed by atoms with E-state index in [2.05, 4.69) is 9.72 Å². The SMILES string of the molecule is COC(=O)c1c[nH]c2cc(F)c(C)cc2c1=O. The molecule has 2 aromatic rings. The van der Waals surface area contributed by atoms with E-state index in [-0.39, 0.29) is 10.9 Å². The van der Waals surface area contributed by atoms with E-state index in [9.17, 15) is 14.0 Å². The van der Waals surface area contributed by atoms with Crippen LogP contribution in [0.5, 0.6) is 0 Å². The summed E-state index contributed by atoms with van der Waals surface area (Å²) in [4.78, 5) is 26.0. The van der Waals surface area contributed by atoms with E-state index in [4.69, 9.17) is 0 Å². The Hall–Kier alpha value is -2.17. The van der Waals surface area contributed by atoms with Gasteiger partial charge in [-0.1, -0.05) is 0 Å². The molecule has 0 saturated heterocycles. The molecule has 1 aromatic heterocycles. The maximum atomic E-state index is 13.3. The minimum absolute atomic E-state index is 0.0917. The van der Waals surface area contributed by atoms with E-state index in [1.165, 1.54) is 25.4 Å². The second kappa shape index (κ2) is 4.01. The molecule has 1 aromatic carbocycles. The second-order valence-electron chi connectivity index (χ2n) is 3.67. The first kappa shape index (κ1) is 11.3. The summed E-state index contributed by atoms with van der Waals surface area (Å²) in [5.41, 5.74) is 0.149. The van der Waals surface area contributed by atoms with Crippen LogP contribution < -0.4 is 5.43 Å². The smallest absolute Gasteiger partial charge is 0.343 e. The number of H-pyrrole nitrogens is 1. The van der Waals surface area contributed by atoms with Gasteiger partial charge in [0, 0.05) is 11.6 Å². The van der Waals surface area contributed by atoms with E-state index < -0.39 is 17.2 Å². The zero-order valence-corrected chi connectivity index (χ0v) is 9.33. The highest BCUT2D eigenvalue weighted by atomic mass is 19.1. The molecule has 0 aliphatic carbocycles. The molecule has 0 unspecified atom stereocenters. The summed E-state index contributed by atoms with van der Waals surface area (Å²) in [5, 5.41) is 0.270. The second-order valence-corrected chi connectivity index (χ2v) is 3.67. The maximum Gasteiger partial charge on any atom is 0.343 e. The van der Waals surface area contributed by atoms with Crippen LogP contribution in [0.2, 0.25) is 0 Å². The van der Waals surface area contributed by atoms with Gasteiger partial charge in [-0.15, -0.1) is 0 Å². The lowest BCUT2D eigenvalue weighted by Gasteiger charge is -2.03. The molecule has 2 rings (SSSR count). The Morgan fingerprint density at radius 1 is 1.41 bits per heavy atom. The Balaban J connectivity index is 2.80. The van der Waals surface area contributed by atoms with Gasteiger partial charge in [-0.3, -0.25) is 4.79 Å². The molecule has 1 heterocycles. The molecule has 17 heavy (non-hydrogen) atoms. The van der Waals surface area contributed by atoms with Gasteiger partial charge in [0.15, 0.2) is 0 Å². The van der Waals surface area contributed by atoms with Crippen molar-refractivity contribution >= 4 is 16.9 Å². The fourth-order valence-electron chi connectivity index (χ4n) is 1.61. The van der Waals surface area contributed by atoms with Crippen LogP contribution in [0.15, 0.2) is 23.1 Å². The predicted octanol–water partition coefficient (Wildman–Crippen LogP) is 1.76. The molecule has 0 radical (unpaired) electrons. The van der Waals surface area contributed by atoms with Crippen molar-refractivity contribution in [1.82, 2.24) is 4.98 Å². The van der Waals surface area contributed by atoms with Crippen LogP contribution in [0.4, 0.5) is 4.39 Å². The van der Waals surface area contributed by atoms with Gasteiger partial charge < -0.3 is 9.72 Å². The highest BCUT2D eigenvalue weighted by Crippen LogP contribution is 2.14. The standard InChI is InChI=1S/C12H10FNO3/c1-6-3-7-10(4-9(6)13)14-5-8(11(7)15)12(16)17-2/h3-5H,1-2H3,(H,14,15). The summed E-state index contributed by atoms with van der Waals surface area (Å²) in [6.45, 7) is 1.55. The lowest BCUT2D eigenvalue weighted by Crippen LogP contribution is -2.17. The van der Waals surface area contributed by atoms with Crippen molar-refractivity contribution < 1.29 is 13.9 Å². The van der Waals surface area contributed by atoms with E-state index in [1.54, 1.807) is 6.92 Å². The Kier molecular flexibility index (Phi) is 2.67. The maximum absolute atomic E-state index is 13.3. The number of benzene rings is 1. The number of aryl methyl sites for hydroxylation is 1. The number of fused-ring (bicyclic) bond motifs is 1. The van der Waals surface area contributed by atoms with Crippen LogP contribution >= 0.6 is 0 Å². The number of carbonyl (C=O) groups is 1. The van der Waals surface area contributed by atoms with Gasteiger partial charge in [-0.2, -0.15) is 0 Å². The zero-order valence-electron chi connectivity index (χ0n) is 9.33. The van der Waals surface area contributed by atoms with Crippen LogP contribution in [0.1, 0.15) is 15.9 Å². The highest BCUT2D eigenvalue weighted by molar-refractivity contribution is 5.93. The number of ether oxygens (including phenoxy) is 1. The molecule has 5 heteroatoms. The number of halogens is 1. The van der Waals surface area contributed by atoms with Gasteiger partial charge in [-0.25, -0.2) is 9.18 Å². The van der Waals surface area contributed by atoms with Crippen molar-refractivity contribution in [2.45, 2.75) is 6.92 Å². The van der Waals surface area contributed by atoms with Crippen LogP contribution in [0, 0.1) is 12.7 Å². The molecule has 0 spiro atoms. The number of pyridine rings is 1. The normalized spacial score (nSPS) is 10.5. The van der Waals surface area contributed by atoms with Crippen molar-refractivity contribution in [2.24, 2.45) is 0 Å². The van der Waals surface area contributed by atoms with Crippen LogP contribution in [0.3, 0.4) is 0 Å². The number of hydrogen-bond acceptors (Lipinski definition) is 3. The number of hydrogen-bond donors (Lipinski definition) is 1. The van der Waals surface area contributed by atoms with Gasteiger partial charge in [0.05, 0.1) is 12.6 Å². The van der Waals surface area contributed by atoms with Crippen molar-refractivity contribution in [3.8, 4) is 0 Å². The van der Waals surface area contributed by atoms with E-state index >= 15 is 0 Å². The molecule has 0 aliphatic rings. The monoisotopic (exact) mass is 235 g/mol. The van der Waals surface area contributed by atoms with E-state index in [1.807, 2.05) is 0 Å². The molecule has 0 atom stereocenters. The zero-order chi connectivity index (χ0) is 12.6. The van der Waals surface area contributed by atoms with Gasteiger partial charge in [0.25, 0.3) is 0 Å².